The minimum atomic E-state index is 0.433. The van der Waals surface area contributed by atoms with E-state index in [1.165, 1.54) is 12.8 Å². The van der Waals surface area contributed by atoms with Gasteiger partial charge < -0.3 is 4.42 Å². The SMILES string of the molecule is Clc1cnc(CN(Cc2ccco2)C2CC2)cn1. The highest BCUT2D eigenvalue weighted by atomic mass is 35.5. The molecule has 0 bridgehead atoms. The van der Waals surface area contributed by atoms with E-state index in [2.05, 4.69) is 14.9 Å². The zero-order valence-electron chi connectivity index (χ0n) is 9.92. The van der Waals surface area contributed by atoms with Crippen LogP contribution in [0.15, 0.2) is 35.2 Å². The Morgan fingerprint density at radius 1 is 1.28 bits per heavy atom. The molecule has 2 aromatic rings. The summed E-state index contributed by atoms with van der Waals surface area (Å²) in [4.78, 5) is 10.7. The summed E-state index contributed by atoms with van der Waals surface area (Å²) in [6.45, 7) is 1.61. The van der Waals surface area contributed by atoms with E-state index in [0.29, 0.717) is 11.2 Å². The molecule has 0 unspecified atom stereocenters. The normalized spacial score (nSPS) is 15.2. The van der Waals surface area contributed by atoms with E-state index in [9.17, 15) is 0 Å². The van der Waals surface area contributed by atoms with Crippen LogP contribution < -0.4 is 0 Å². The minimum Gasteiger partial charge on any atom is -0.468 e. The maximum atomic E-state index is 5.74. The molecule has 3 rings (SSSR count). The molecule has 0 radical (unpaired) electrons. The molecule has 1 fully saturated rings. The summed E-state index contributed by atoms with van der Waals surface area (Å²) in [5, 5.41) is 0.433. The number of rotatable bonds is 5. The van der Waals surface area contributed by atoms with Gasteiger partial charge in [0, 0.05) is 12.6 Å². The van der Waals surface area contributed by atoms with Crippen molar-refractivity contribution in [3.63, 3.8) is 0 Å². The quantitative estimate of drug-likeness (QED) is 0.832. The first-order valence-corrected chi connectivity index (χ1v) is 6.42. The summed E-state index contributed by atoms with van der Waals surface area (Å²) in [6.07, 6.45) is 7.54. The standard InChI is InChI=1S/C13H14ClN3O/c14-13-7-15-10(6-16-13)8-17(11-3-4-11)9-12-2-1-5-18-12/h1-2,5-7,11H,3-4,8-9H2. The summed E-state index contributed by atoms with van der Waals surface area (Å²) >= 11 is 5.74. The van der Waals surface area contributed by atoms with Gasteiger partial charge in [0.25, 0.3) is 0 Å². The van der Waals surface area contributed by atoms with Crippen LogP contribution in [0.25, 0.3) is 0 Å². The number of hydrogen-bond donors (Lipinski definition) is 0. The van der Waals surface area contributed by atoms with Crippen molar-refractivity contribution in [1.29, 1.82) is 0 Å². The summed E-state index contributed by atoms with van der Waals surface area (Å²) in [5.74, 6) is 0.990. The maximum Gasteiger partial charge on any atom is 0.147 e. The van der Waals surface area contributed by atoms with Crippen molar-refractivity contribution < 1.29 is 4.42 Å². The molecule has 2 heterocycles. The fourth-order valence-electron chi connectivity index (χ4n) is 1.99. The molecule has 0 atom stereocenters. The second kappa shape index (κ2) is 5.08. The number of furan rings is 1. The Labute approximate surface area is 111 Å². The highest BCUT2D eigenvalue weighted by Gasteiger charge is 2.29. The number of aromatic nitrogens is 2. The van der Waals surface area contributed by atoms with Crippen molar-refractivity contribution in [2.24, 2.45) is 0 Å². The van der Waals surface area contributed by atoms with Crippen LogP contribution in [0.3, 0.4) is 0 Å². The van der Waals surface area contributed by atoms with Gasteiger partial charge in [-0.25, -0.2) is 4.98 Å². The lowest BCUT2D eigenvalue weighted by Crippen LogP contribution is -2.25. The molecule has 2 aromatic heterocycles. The lowest BCUT2D eigenvalue weighted by Gasteiger charge is -2.19. The maximum absolute atomic E-state index is 5.74. The van der Waals surface area contributed by atoms with Crippen molar-refractivity contribution in [2.45, 2.75) is 32.0 Å². The van der Waals surface area contributed by atoms with Gasteiger partial charge in [0.15, 0.2) is 0 Å². The smallest absolute Gasteiger partial charge is 0.147 e. The predicted molar refractivity (Wildman–Crippen MR) is 68.0 cm³/mol. The van der Waals surface area contributed by atoms with Crippen LogP contribution in [0.2, 0.25) is 5.15 Å². The average molecular weight is 264 g/mol. The number of halogens is 1. The monoisotopic (exact) mass is 263 g/mol. The van der Waals surface area contributed by atoms with Crippen molar-refractivity contribution in [2.75, 3.05) is 0 Å². The van der Waals surface area contributed by atoms with Gasteiger partial charge in [-0.3, -0.25) is 9.88 Å². The van der Waals surface area contributed by atoms with Crippen molar-refractivity contribution in [3.05, 3.63) is 47.4 Å². The van der Waals surface area contributed by atoms with Crippen molar-refractivity contribution in [3.8, 4) is 0 Å². The van der Waals surface area contributed by atoms with Crippen LogP contribution in [0.5, 0.6) is 0 Å². The molecule has 1 saturated carbocycles. The van der Waals surface area contributed by atoms with Crippen LogP contribution in [-0.2, 0) is 13.1 Å². The third-order valence-electron chi connectivity index (χ3n) is 3.04. The van der Waals surface area contributed by atoms with Crippen molar-refractivity contribution >= 4 is 11.6 Å². The van der Waals surface area contributed by atoms with Gasteiger partial charge in [-0.2, -0.15) is 0 Å². The van der Waals surface area contributed by atoms with Gasteiger partial charge in [-0.05, 0) is 25.0 Å². The zero-order valence-corrected chi connectivity index (χ0v) is 10.7. The lowest BCUT2D eigenvalue weighted by molar-refractivity contribution is 0.222. The van der Waals surface area contributed by atoms with Crippen LogP contribution in [0.1, 0.15) is 24.3 Å². The molecule has 0 aromatic carbocycles. The van der Waals surface area contributed by atoms with E-state index >= 15 is 0 Å². The van der Waals surface area contributed by atoms with Gasteiger partial charge in [0.2, 0.25) is 0 Å². The van der Waals surface area contributed by atoms with Gasteiger partial charge in [0.05, 0.1) is 30.9 Å². The first kappa shape index (κ1) is 11.7. The summed E-state index contributed by atoms with van der Waals surface area (Å²) in [6, 6.07) is 4.57. The molecule has 1 aliphatic carbocycles. The average Bonchev–Trinajstić information content (AvgIpc) is 3.10. The summed E-state index contributed by atoms with van der Waals surface area (Å²) in [7, 11) is 0. The third-order valence-corrected chi connectivity index (χ3v) is 3.24. The second-order valence-corrected chi connectivity index (χ2v) is 4.93. The first-order valence-electron chi connectivity index (χ1n) is 6.04. The van der Waals surface area contributed by atoms with E-state index in [4.69, 9.17) is 16.0 Å². The lowest BCUT2D eigenvalue weighted by atomic mass is 10.3. The number of hydrogen-bond acceptors (Lipinski definition) is 4. The molecule has 1 aliphatic rings. The Kier molecular flexibility index (Phi) is 3.30. The molecule has 4 nitrogen and oxygen atoms in total. The van der Waals surface area contributed by atoms with Crippen molar-refractivity contribution in [1.82, 2.24) is 14.9 Å². The molecule has 18 heavy (non-hydrogen) atoms. The Bertz CT molecular complexity index is 493. The largest absolute Gasteiger partial charge is 0.468 e. The van der Waals surface area contributed by atoms with Gasteiger partial charge in [-0.1, -0.05) is 11.6 Å². The van der Waals surface area contributed by atoms with Gasteiger partial charge in [0.1, 0.15) is 10.9 Å². The fourth-order valence-corrected chi connectivity index (χ4v) is 2.08. The molecule has 5 heteroatoms. The Balaban J connectivity index is 1.68. The van der Waals surface area contributed by atoms with Gasteiger partial charge in [-0.15, -0.1) is 0 Å². The topological polar surface area (TPSA) is 42.2 Å². The van der Waals surface area contributed by atoms with Crippen LogP contribution in [-0.4, -0.2) is 20.9 Å². The second-order valence-electron chi connectivity index (χ2n) is 4.55. The molecule has 94 valence electrons. The molecule has 0 spiro atoms. The van der Waals surface area contributed by atoms with E-state index in [1.807, 2.05) is 12.1 Å². The first-order chi connectivity index (χ1) is 8.81. The third kappa shape index (κ3) is 2.89. The molecule has 0 aliphatic heterocycles. The highest BCUT2D eigenvalue weighted by molar-refractivity contribution is 6.29. The van der Waals surface area contributed by atoms with E-state index < -0.39 is 0 Å². The molecule has 0 saturated heterocycles. The number of nitrogens with zero attached hydrogens (tertiary/aromatic N) is 3. The molecular formula is C13H14ClN3O. The fraction of sp³-hybridized carbons (Fsp3) is 0.385. The Morgan fingerprint density at radius 3 is 2.78 bits per heavy atom. The van der Waals surface area contributed by atoms with Gasteiger partial charge >= 0.3 is 0 Å². The van der Waals surface area contributed by atoms with Crippen LogP contribution in [0.4, 0.5) is 0 Å². The predicted octanol–water partition coefficient (Wildman–Crippen LogP) is 2.89. The summed E-state index contributed by atoms with van der Waals surface area (Å²) < 4.78 is 5.40. The van der Waals surface area contributed by atoms with Crippen LogP contribution in [0, 0.1) is 0 Å². The molecular weight excluding hydrogens is 250 g/mol. The molecule has 0 N–H and O–H groups in total. The zero-order chi connectivity index (χ0) is 12.4. The highest BCUT2D eigenvalue weighted by Crippen LogP contribution is 2.29. The van der Waals surface area contributed by atoms with Crippen LogP contribution >= 0.6 is 11.6 Å². The minimum absolute atomic E-state index is 0.433. The molecule has 0 amide bonds. The van der Waals surface area contributed by atoms with E-state index in [-0.39, 0.29) is 0 Å². The van der Waals surface area contributed by atoms with E-state index in [0.717, 1.165) is 24.5 Å². The Morgan fingerprint density at radius 2 is 2.17 bits per heavy atom. The van der Waals surface area contributed by atoms with E-state index in [1.54, 1.807) is 18.7 Å². The Hall–Kier alpha value is -1.39. The summed E-state index contributed by atoms with van der Waals surface area (Å²) in [5.41, 5.74) is 0.942.